The van der Waals surface area contributed by atoms with E-state index in [0.717, 1.165) is 41.5 Å². The van der Waals surface area contributed by atoms with Gasteiger partial charge < -0.3 is 16.0 Å². The van der Waals surface area contributed by atoms with Crippen molar-refractivity contribution in [1.82, 2.24) is 20.2 Å². The molecule has 188 valence electrons. The van der Waals surface area contributed by atoms with Crippen molar-refractivity contribution < 1.29 is 9.59 Å². The summed E-state index contributed by atoms with van der Waals surface area (Å²) in [4.78, 5) is 43.4. The second-order valence-corrected chi connectivity index (χ2v) is 10.3. The summed E-state index contributed by atoms with van der Waals surface area (Å²) >= 11 is 1.93. The van der Waals surface area contributed by atoms with Crippen LogP contribution in [0.5, 0.6) is 0 Å². The van der Waals surface area contributed by atoms with E-state index in [-0.39, 0.29) is 24.3 Å². The van der Waals surface area contributed by atoms with Crippen LogP contribution in [0.2, 0.25) is 0 Å². The normalized spacial score (nSPS) is 15.6. The predicted molar refractivity (Wildman–Crippen MR) is 149 cm³/mol. The number of fused-ring (bicyclic) bond motifs is 1. The van der Waals surface area contributed by atoms with Crippen LogP contribution >= 0.6 is 22.6 Å². The zero-order valence-electron chi connectivity index (χ0n) is 20.6. The first-order valence-electron chi connectivity index (χ1n) is 11.9. The number of aryl methyl sites for hydroxylation is 3. The van der Waals surface area contributed by atoms with Crippen LogP contribution in [0, 0.1) is 13.8 Å². The highest BCUT2D eigenvalue weighted by molar-refractivity contribution is 14.1. The number of anilines is 1. The number of nitrogens with zero attached hydrogens (tertiary/aromatic N) is 2. The molecule has 36 heavy (non-hydrogen) atoms. The van der Waals surface area contributed by atoms with Crippen LogP contribution in [0.15, 0.2) is 53.5 Å². The summed E-state index contributed by atoms with van der Waals surface area (Å²) in [5, 5.41) is 8.54. The van der Waals surface area contributed by atoms with E-state index in [4.69, 9.17) is 0 Å². The van der Waals surface area contributed by atoms with Crippen molar-refractivity contribution in [2.24, 2.45) is 0 Å². The van der Waals surface area contributed by atoms with Gasteiger partial charge in [0, 0.05) is 5.56 Å². The number of alkyl halides is 1. The fourth-order valence-corrected chi connectivity index (χ4v) is 4.80. The molecule has 2 aromatic carbocycles. The molecule has 9 heteroatoms. The van der Waals surface area contributed by atoms with Crippen molar-refractivity contribution in [2.75, 3.05) is 12.4 Å². The van der Waals surface area contributed by atoms with Crippen molar-refractivity contribution in [1.29, 1.82) is 0 Å². The standard InChI is InChI=1S/C27H30IN5O3/c1-16-11-12-19(17(2)13-16)22-14-30-25(32-26(35)24(28)29-3)27(36)33(22)15-23(34)31-21-10-6-8-18-7-4-5-9-20(18)21/h4-5,7,9,11-14,21,24,29H,6,8,10,15H2,1-3H3,(H,31,34)(H,30,32,35)/t21?,24-/m1/s1. The van der Waals surface area contributed by atoms with E-state index in [1.54, 1.807) is 13.2 Å². The maximum Gasteiger partial charge on any atom is 0.294 e. The first-order chi connectivity index (χ1) is 17.3. The fourth-order valence-electron chi connectivity index (χ4n) is 4.65. The van der Waals surface area contributed by atoms with Crippen molar-refractivity contribution in [3.63, 3.8) is 0 Å². The number of nitrogens with one attached hydrogen (secondary N) is 3. The average molecular weight is 599 g/mol. The van der Waals surface area contributed by atoms with Gasteiger partial charge in [0.2, 0.25) is 5.91 Å². The van der Waals surface area contributed by atoms with Crippen LogP contribution in [0.1, 0.15) is 41.1 Å². The van der Waals surface area contributed by atoms with Gasteiger partial charge in [0.15, 0.2) is 5.82 Å². The number of amides is 2. The lowest BCUT2D eigenvalue weighted by Crippen LogP contribution is -2.39. The molecule has 4 rings (SSSR count). The molecule has 0 radical (unpaired) electrons. The number of hydrogen-bond donors (Lipinski definition) is 3. The van der Waals surface area contributed by atoms with Gasteiger partial charge in [-0.15, -0.1) is 0 Å². The Bertz CT molecular complexity index is 1350. The second kappa shape index (κ2) is 11.3. The molecule has 0 aliphatic heterocycles. The monoisotopic (exact) mass is 599 g/mol. The zero-order chi connectivity index (χ0) is 25.8. The summed E-state index contributed by atoms with van der Waals surface area (Å²) in [7, 11) is 1.65. The van der Waals surface area contributed by atoms with Gasteiger partial charge in [0.05, 0.1) is 17.9 Å². The van der Waals surface area contributed by atoms with Gasteiger partial charge in [-0.2, -0.15) is 0 Å². The summed E-state index contributed by atoms with van der Waals surface area (Å²) in [6.45, 7) is 3.77. The molecule has 3 aromatic rings. The van der Waals surface area contributed by atoms with Gasteiger partial charge in [-0.25, -0.2) is 4.98 Å². The third-order valence-corrected chi connectivity index (χ3v) is 7.63. The third kappa shape index (κ3) is 5.67. The minimum Gasteiger partial charge on any atom is -0.348 e. The molecule has 0 spiro atoms. The Morgan fingerprint density at radius 3 is 2.72 bits per heavy atom. The van der Waals surface area contributed by atoms with Gasteiger partial charge >= 0.3 is 0 Å². The Morgan fingerprint density at radius 1 is 1.19 bits per heavy atom. The summed E-state index contributed by atoms with van der Waals surface area (Å²) < 4.78 is 0.859. The highest BCUT2D eigenvalue weighted by Crippen LogP contribution is 2.29. The zero-order valence-corrected chi connectivity index (χ0v) is 22.8. The molecule has 1 heterocycles. The SMILES string of the molecule is CN[C@@H](I)C(=O)Nc1ncc(-c2ccc(C)cc2C)n(CC(=O)NC2CCCc3ccccc32)c1=O. The van der Waals surface area contributed by atoms with E-state index in [2.05, 4.69) is 33.1 Å². The Kier molecular flexibility index (Phi) is 8.20. The van der Waals surface area contributed by atoms with E-state index >= 15 is 0 Å². The molecule has 2 amide bonds. The smallest absolute Gasteiger partial charge is 0.294 e. The van der Waals surface area contributed by atoms with Crippen molar-refractivity contribution in [2.45, 2.75) is 49.7 Å². The van der Waals surface area contributed by atoms with E-state index in [0.29, 0.717) is 5.69 Å². The molecule has 2 atom stereocenters. The van der Waals surface area contributed by atoms with E-state index < -0.39 is 15.5 Å². The number of rotatable bonds is 7. The van der Waals surface area contributed by atoms with Gasteiger partial charge in [-0.05, 0) is 56.8 Å². The van der Waals surface area contributed by atoms with Gasteiger partial charge in [0.25, 0.3) is 11.5 Å². The number of halogens is 1. The van der Waals surface area contributed by atoms with Crippen LogP contribution in [-0.4, -0.2) is 32.5 Å². The quantitative estimate of drug-likeness (QED) is 0.219. The molecule has 0 fully saturated rings. The maximum atomic E-state index is 13.5. The highest BCUT2D eigenvalue weighted by atomic mass is 127. The van der Waals surface area contributed by atoms with Crippen LogP contribution in [0.4, 0.5) is 5.82 Å². The van der Waals surface area contributed by atoms with E-state index in [9.17, 15) is 14.4 Å². The molecular weight excluding hydrogens is 569 g/mol. The van der Waals surface area contributed by atoms with Crippen LogP contribution in [-0.2, 0) is 22.6 Å². The number of hydrogen-bond acceptors (Lipinski definition) is 5. The fraction of sp³-hybridized carbons (Fsp3) is 0.333. The second-order valence-electron chi connectivity index (χ2n) is 9.05. The minimum absolute atomic E-state index is 0.0980. The summed E-state index contributed by atoms with van der Waals surface area (Å²) in [6, 6.07) is 13.9. The molecule has 0 bridgehead atoms. The Balaban J connectivity index is 1.68. The molecule has 0 saturated heterocycles. The number of likely N-dealkylation sites (N-methyl/N-ethyl adjacent to an activating group) is 1. The molecule has 1 aliphatic rings. The van der Waals surface area contributed by atoms with Gasteiger partial charge in [-0.3, -0.25) is 19.0 Å². The average Bonchev–Trinajstić information content (AvgIpc) is 2.86. The van der Waals surface area contributed by atoms with Crippen molar-refractivity contribution in [3.8, 4) is 11.3 Å². The molecular formula is C27H30IN5O3. The van der Waals surface area contributed by atoms with E-state index in [1.165, 1.54) is 10.1 Å². The number of aromatic nitrogens is 2. The highest BCUT2D eigenvalue weighted by Gasteiger charge is 2.24. The van der Waals surface area contributed by atoms with Gasteiger partial charge in [-0.1, -0.05) is 70.6 Å². The summed E-state index contributed by atoms with van der Waals surface area (Å²) in [5.74, 6) is -0.770. The largest absolute Gasteiger partial charge is 0.348 e. The minimum atomic E-state index is -0.536. The van der Waals surface area contributed by atoms with Crippen LogP contribution < -0.4 is 21.5 Å². The number of carbonyl (C=O) groups is 2. The molecule has 1 unspecified atom stereocenters. The maximum absolute atomic E-state index is 13.5. The summed E-state index contributed by atoms with van der Waals surface area (Å²) in [6.07, 6.45) is 4.38. The third-order valence-electron chi connectivity index (χ3n) is 6.44. The topological polar surface area (TPSA) is 105 Å². The van der Waals surface area contributed by atoms with Gasteiger partial charge in [0.1, 0.15) is 10.6 Å². The van der Waals surface area contributed by atoms with Crippen molar-refractivity contribution >= 4 is 40.2 Å². The van der Waals surface area contributed by atoms with E-state index in [1.807, 2.05) is 66.8 Å². The lowest BCUT2D eigenvalue weighted by atomic mass is 9.88. The molecule has 0 saturated carbocycles. The molecule has 1 aromatic heterocycles. The number of carbonyl (C=O) groups excluding carboxylic acids is 2. The number of benzene rings is 2. The van der Waals surface area contributed by atoms with Crippen LogP contribution in [0.25, 0.3) is 11.3 Å². The van der Waals surface area contributed by atoms with Crippen molar-refractivity contribution in [3.05, 3.63) is 81.3 Å². The Labute approximate surface area is 224 Å². The Morgan fingerprint density at radius 2 is 1.97 bits per heavy atom. The van der Waals surface area contributed by atoms with Crippen LogP contribution in [0.3, 0.4) is 0 Å². The molecule has 3 N–H and O–H groups in total. The lowest BCUT2D eigenvalue weighted by Gasteiger charge is -2.26. The Hall–Kier alpha value is -3.05. The predicted octanol–water partition coefficient (Wildman–Crippen LogP) is 3.64. The first-order valence-corrected chi connectivity index (χ1v) is 13.2. The first kappa shape index (κ1) is 26.0. The summed E-state index contributed by atoms with van der Waals surface area (Å²) in [5.41, 5.74) is 5.23. The molecule has 1 aliphatic carbocycles. The lowest BCUT2D eigenvalue weighted by molar-refractivity contribution is -0.122. The molecule has 8 nitrogen and oxygen atoms in total.